The summed E-state index contributed by atoms with van der Waals surface area (Å²) in [5, 5.41) is 4.57. The van der Waals surface area contributed by atoms with Crippen molar-refractivity contribution in [1.29, 1.82) is 0 Å². The number of hydrogen-bond acceptors (Lipinski definition) is 4. The van der Waals surface area contributed by atoms with Gasteiger partial charge in [-0.2, -0.15) is 0 Å². The van der Waals surface area contributed by atoms with Gasteiger partial charge in [0.05, 0.1) is 13.2 Å². The van der Waals surface area contributed by atoms with Crippen LogP contribution in [-0.4, -0.2) is 49.9 Å². The summed E-state index contributed by atoms with van der Waals surface area (Å²) in [4.78, 5) is 4.54. The number of hydrogen-bond donors (Lipinski definition) is 1. The highest BCUT2D eigenvalue weighted by Crippen LogP contribution is 2.25. The highest BCUT2D eigenvalue weighted by Gasteiger charge is 2.30. The fraction of sp³-hybridized carbons (Fsp3) is 0.917. The molecule has 4 nitrogen and oxygen atoms in total. The van der Waals surface area contributed by atoms with Crippen molar-refractivity contribution in [2.45, 2.75) is 32.2 Å². The van der Waals surface area contributed by atoms with Crippen molar-refractivity contribution in [3.05, 3.63) is 0 Å². The van der Waals surface area contributed by atoms with E-state index in [4.69, 9.17) is 9.47 Å². The summed E-state index contributed by atoms with van der Waals surface area (Å²) in [6.45, 7) is 7.39. The van der Waals surface area contributed by atoms with Crippen molar-refractivity contribution in [2.24, 2.45) is 4.99 Å². The maximum Gasteiger partial charge on any atom is 0.157 e. The lowest BCUT2D eigenvalue weighted by Crippen LogP contribution is -2.39. The third-order valence-electron chi connectivity index (χ3n) is 2.85. The summed E-state index contributed by atoms with van der Waals surface area (Å²) in [6.07, 6.45) is 2.11. The molecule has 1 heterocycles. The molecule has 1 saturated heterocycles. The van der Waals surface area contributed by atoms with Crippen LogP contribution in [0.5, 0.6) is 0 Å². The molecule has 0 aliphatic carbocycles. The van der Waals surface area contributed by atoms with Crippen LogP contribution in [0.4, 0.5) is 0 Å². The van der Waals surface area contributed by atoms with Gasteiger partial charge < -0.3 is 14.8 Å². The Labute approximate surface area is 109 Å². The number of methoxy groups -OCH3 is 1. The van der Waals surface area contributed by atoms with Crippen molar-refractivity contribution in [1.82, 2.24) is 5.32 Å². The van der Waals surface area contributed by atoms with Crippen molar-refractivity contribution in [3.63, 3.8) is 0 Å². The van der Waals surface area contributed by atoms with E-state index in [1.165, 1.54) is 0 Å². The fourth-order valence-electron chi connectivity index (χ4n) is 1.43. The molecule has 1 atom stereocenters. The van der Waals surface area contributed by atoms with Gasteiger partial charge in [0.1, 0.15) is 0 Å². The smallest absolute Gasteiger partial charge is 0.157 e. The normalized spacial score (nSPS) is 26.4. The zero-order valence-electron chi connectivity index (χ0n) is 11.1. The van der Waals surface area contributed by atoms with Gasteiger partial charge in [0.25, 0.3) is 0 Å². The molecule has 100 valence electrons. The Morgan fingerprint density at radius 1 is 1.41 bits per heavy atom. The first-order chi connectivity index (χ1) is 8.20. The van der Waals surface area contributed by atoms with E-state index >= 15 is 0 Å². The Morgan fingerprint density at radius 3 is 2.88 bits per heavy atom. The molecule has 1 fully saturated rings. The summed E-state index contributed by atoms with van der Waals surface area (Å²) in [5.74, 6) is 1.12. The van der Waals surface area contributed by atoms with Crippen LogP contribution >= 0.6 is 11.8 Å². The standard InChI is InChI=1S/C12H24N2O2S/c1-4-12(2)10-17-11(14-12)13-6-5-7-16-9-8-15-3/h4-10H2,1-3H3,(H,13,14). The number of thioether (sulfide) groups is 1. The Hall–Kier alpha value is -0.260. The zero-order chi connectivity index (χ0) is 12.6. The van der Waals surface area contributed by atoms with E-state index in [2.05, 4.69) is 24.2 Å². The predicted molar refractivity (Wildman–Crippen MR) is 73.9 cm³/mol. The van der Waals surface area contributed by atoms with Crippen LogP contribution in [0.3, 0.4) is 0 Å². The number of ether oxygens (including phenoxy) is 2. The maximum atomic E-state index is 5.38. The SMILES string of the molecule is CCC1(C)CSC(=NCCCOCCOC)N1. The molecular formula is C12H24N2O2S. The van der Waals surface area contributed by atoms with Gasteiger partial charge in [-0.1, -0.05) is 18.7 Å². The largest absolute Gasteiger partial charge is 0.382 e. The average molecular weight is 260 g/mol. The van der Waals surface area contributed by atoms with Crippen molar-refractivity contribution in [3.8, 4) is 0 Å². The molecule has 0 aromatic heterocycles. The summed E-state index contributed by atoms with van der Waals surface area (Å²) in [7, 11) is 1.68. The molecule has 0 aromatic carbocycles. The lowest BCUT2D eigenvalue weighted by atomic mass is 10.0. The van der Waals surface area contributed by atoms with Gasteiger partial charge in [-0.05, 0) is 19.8 Å². The van der Waals surface area contributed by atoms with Gasteiger partial charge in [0, 0.05) is 31.6 Å². The van der Waals surface area contributed by atoms with Gasteiger partial charge >= 0.3 is 0 Å². The van der Waals surface area contributed by atoms with E-state index in [0.29, 0.717) is 13.2 Å². The molecule has 1 aliphatic heterocycles. The minimum absolute atomic E-state index is 0.235. The van der Waals surface area contributed by atoms with Crippen molar-refractivity contribution < 1.29 is 9.47 Å². The van der Waals surface area contributed by atoms with Gasteiger partial charge in [-0.15, -0.1) is 0 Å². The van der Waals surface area contributed by atoms with Crippen molar-refractivity contribution in [2.75, 3.05) is 39.2 Å². The first kappa shape index (κ1) is 14.8. The second kappa shape index (κ2) is 7.95. The summed E-state index contributed by atoms with van der Waals surface area (Å²) < 4.78 is 10.3. The first-order valence-corrected chi connectivity index (χ1v) is 7.21. The first-order valence-electron chi connectivity index (χ1n) is 6.22. The van der Waals surface area contributed by atoms with Crippen LogP contribution in [0, 0.1) is 0 Å². The molecule has 0 aromatic rings. The summed E-state index contributed by atoms with van der Waals surface area (Å²) in [5.41, 5.74) is 0.235. The van der Waals surface area contributed by atoms with Crippen LogP contribution in [0.15, 0.2) is 4.99 Å². The van der Waals surface area contributed by atoms with E-state index in [0.717, 1.165) is 36.9 Å². The van der Waals surface area contributed by atoms with E-state index in [9.17, 15) is 0 Å². The Morgan fingerprint density at radius 2 is 2.24 bits per heavy atom. The Balaban J connectivity index is 2.06. The van der Waals surface area contributed by atoms with Crippen LogP contribution in [0.1, 0.15) is 26.7 Å². The second-order valence-electron chi connectivity index (χ2n) is 4.47. The van der Waals surface area contributed by atoms with Crippen LogP contribution in [0.25, 0.3) is 0 Å². The minimum atomic E-state index is 0.235. The summed E-state index contributed by atoms with van der Waals surface area (Å²) in [6, 6.07) is 0. The lowest BCUT2D eigenvalue weighted by Gasteiger charge is -2.20. The Kier molecular flexibility index (Phi) is 6.92. The molecule has 5 heteroatoms. The molecule has 1 rings (SSSR count). The molecule has 0 bridgehead atoms. The number of aliphatic imine (C=N–C) groups is 1. The highest BCUT2D eigenvalue weighted by atomic mass is 32.2. The molecular weight excluding hydrogens is 236 g/mol. The quantitative estimate of drug-likeness (QED) is 0.677. The van der Waals surface area contributed by atoms with Crippen LogP contribution in [0.2, 0.25) is 0 Å². The molecule has 1 aliphatic rings. The Bertz CT molecular complexity index is 249. The molecule has 0 amide bonds. The molecule has 0 spiro atoms. The van der Waals surface area contributed by atoms with Gasteiger partial charge in [0.2, 0.25) is 0 Å². The molecule has 1 unspecified atom stereocenters. The number of nitrogens with one attached hydrogen (secondary N) is 1. The zero-order valence-corrected chi connectivity index (χ0v) is 11.9. The third-order valence-corrected chi connectivity index (χ3v) is 4.14. The molecule has 0 radical (unpaired) electrons. The number of amidine groups is 1. The average Bonchev–Trinajstić information content (AvgIpc) is 2.71. The van der Waals surface area contributed by atoms with Crippen molar-refractivity contribution >= 4 is 16.9 Å². The number of rotatable bonds is 8. The fourth-order valence-corrected chi connectivity index (χ4v) is 2.66. The monoisotopic (exact) mass is 260 g/mol. The molecule has 0 saturated carbocycles. The van der Waals surface area contributed by atoms with Crippen LogP contribution in [-0.2, 0) is 9.47 Å². The van der Waals surface area contributed by atoms with Crippen LogP contribution < -0.4 is 5.32 Å². The molecule has 1 N–H and O–H groups in total. The van der Waals surface area contributed by atoms with Gasteiger partial charge in [0.15, 0.2) is 5.17 Å². The minimum Gasteiger partial charge on any atom is -0.382 e. The van der Waals surface area contributed by atoms with E-state index in [1.54, 1.807) is 7.11 Å². The van der Waals surface area contributed by atoms with Gasteiger partial charge in [-0.25, -0.2) is 0 Å². The molecule has 17 heavy (non-hydrogen) atoms. The van der Waals surface area contributed by atoms with E-state index < -0.39 is 0 Å². The van der Waals surface area contributed by atoms with E-state index in [1.807, 2.05) is 11.8 Å². The van der Waals surface area contributed by atoms with Gasteiger partial charge in [-0.3, -0.25) is 4.99 Å². The second-order valence-corrected chi connectivity index (χ2v) is 5.44. The topological polar surface area (TPSA) is 42.9 Å². The number of nitrogens with zero attached hydrogens (tertiary/aromatic N) is 1. The lowest BCUT2D eigenvalue weighted by molar-refractivity contribution is 0.0702. The maximum absolute atomic E-state index is 5.38. The third kappa shape index (κ3) is 5.75. The summed E-state index contributed by atoms with van der Waals surface area (Å²) >= 11 is 1.82. The highest BCUT2D eigenvalue weighted by molar-refractivity contribution is 8.14. The van der Waals surface area contributed by atoms with E-state index in [-0.39, 0.29) is 5.54 Å². The predicted octanol–water partition coefficient (Wildman–Crippen LogP) is 1.90.